The molecule has 1 aromatic heterocycles. The average molecular weight is 399 g/mol. The van der Waals surface area contributed by atoms with Crippen LogP contribution in [0.25, 0.3) is 11.0 Å². The highest BCUT2D eigenvalue weighted by Gasteiger charge is 2.29. The maximum atomic E-state index is 12.6. The van der Waals surface area contributed by atoms with Crippen molar-refractivity contribution in [3.05, 3.63) is 63.5 Å². The Kier molecular flexibility index (Phi) is 4.31. The van der Waals surface area contributed by atoms with Gasteiger partial charge >= 0.3 is 0 Å². The number of anilines is 2. The molecule has 2 aromatic carbocycles. The maximum Gasteiger partial charge on any atom is 0.291 e. The van der Waals surface area contributed by atoms with Gasteiger partial charge in [0.05, 0.1) is 11.1 Å². The normalized spacial score (nSPS) is 15.9. The molecule has 0 fully saturated rings. The van der Waals surface area contributed by atoms with Crippen molar-refractivity contribution in [2.45, 2.75) is 13.0 Å². The van der Waals surface area contributed by atoms with Gasteiger partial charge in [-0.2, -0.15) is 0 Å². The number of halogens is 1. The van der Waals surface area contributed by atoms with E-state index in [0.717, 1.165) is 6.07 Å². The van der Waals surface area contributed by atoms with Crippen molar-refractivity contribution < 1.29 is 18.7 Å². The fourth-order valence-electron chi connectivity index (χ4n) is 3.02. The SMILES string of the molecule is CC1Oc2ccc(NC(=O)c3cc(=O)c4cc(Cl)ccc4o3)cc2N(C)C1=O. The Morgan fingerprint density at radius 1 is 1.14 bits per heavy atom. The third kappa shape index (κ3) is 3.10. The second kappa shape index (κ2) is 6.69. The highest BCUT2D eigenvalue weighted by Crippen LogP contribution is 2.35. The van der Waals surface area contributed by atoms with E-state index >= 15 is 0 Å². The number of ether oxygens (including phenoxy) is 1. The molecule has 1 aliphatic heterocycles. The molecule has 2 amide bonds. The van der Waals surface area contributed by atoms with E-state index in [0.29, 0.717) is 27.5 Å². The van der Waals surface area contributed by atoms with Crippen molar-refractivity contribution in [3.63, 3.8) is 0 Å². The van der Waals surface area contributed by atoms with Gasteiger partial charge in [-0.3, -0.25) is 14.4 Å². The zero-order valence-electron chi connectivity index (χ0n) is 15.0. The number of fused-ring (bicyclic) bond motifs is 2. The number of nitrogens with zero attached hydrogens (tertiary/aromatic N) is 1. The molecule has 4 rings (SSSR count). The van der Waals surface area contributed by atoms with E-state index in [-0.39, 0.29) is 22.7 Å². The van der Waals surface area contributed by atoms with Crippen LogP contribution in [0.3, 0.4) is 0 Å². The number of carbonyl (C=O) groups is 2. The molecule has 0 spiro atoms. The summed E-state index contributed by atoms with van der Waals surface area (Å²) in [6.07, 6.45) is -0.571. The van der Waals surface area contributed by atoms with Crippen LogP contribution in [0, 0.1) is 0 Å². The summed E-state index contributed by atoms with van der Waals surface area (Å²) < 4.78 is 11.1. The fraction of sp³-hybridized carbons (Fsp3) is 0.150. The molecule has 2 heterocycles. The van der Waals surface area contributed by atoms with Crippen molar-refractivity contribution in [2.24, 2.45) is 0 Å². The van der Waals surface area contributed by atoms with Crippen LogP contribution in [-0.2, 0) is 4.79 Å². The molecule has 0 radical (unpaired) electrons. The van der Waals surface area contributed by atoms with Crippen molar-refractivity contribution in [3.8, 4) is 5.75 Å². The first-order chi connectivity index (χ1) is 13.3. The predicted molar refractivity (Wildman–Crippen MR) is 105 cm³/mol. The van der Waals surface area contributed by atoms with Crippen molar-refractivity contribution >= 4 is 45.8 Å². The summed E-state index contributed by atoms with van der Waals surface area (Å²) in [6.45, 7) is 1.67. The lowest BCUT2D eigenvalue weighted by atomic mass is 10.1. The number of rotatable bonds is 2. The summed E-state index contributed by atoms with van der Waals surface area (Å²) in [5, 5.41) is 3.37. The van der Waals surface area contributed by atoms with Crippen molar-refractivity contribution in [2.75, 3.05) is 17.3 Å². The third-order valence-corrected chi connectivity index (χ3v) is 4.71. The van der Waals surface area contributed by atoms with Gasteiger partial charge in [0, 0.05) is 23.8 Å². The first kappa shape index (κ1) is 18.1. The topological polar surface area (TPSA) is 88.8 Å². The first-order valence-corrected chi connectivity index (χ1v) is 8.84. The van der Waals surface area contributed by atoms with Crippen LogP contribution in [-0.4, -0.2) is 25.0 Å². The van der Waals surface area contributed by atoms with E-state index in [1.165, 1.54) is 17.0 Å². The monoisotopic (exact) mass is 398 g/mol. The van der Waals surface area contributed by atoms with E-state index < -0.39 is 12.0 Å². The number of hydrogen-bond acceptors (Lipinski definition) is 5. The molecule has 0 aliphatic carbocycles. The molecule has 0 saturated carbocycles. The summed E-state index contributed by atoms with van der Waals surface area (Å²) >= 11 is 5.89. The third-order valence-electron chi connectivity index (χ3n) is 4.47. The smallest absolute Gasteiger partial charge is 0.291 e. The Hall–Kier alpha value is -3.32. The highest BCUT2D eigenvalue weighted by atomic mass is 35.5. The van der Waals surface area contributed by atoms with Crippen molar-refractivity contribution in [1.29, 1.82) is 0 Å². The van der Waals surface area contributed by atoms with E-state index in [4.69, 9.17) is 20.8 Å². The molecule has 1 aliphatic rings. The number of hydrogen-bond donors (Lipinski definition) is 1. The predicted octanol–water partition coefficient (Wildman–Crippen LogP) is 3.44. The van der Waals surface area contributed by atoms with Crippen LogP contribution in [0.1, 0.15) is 17.5 Å². The second-order valence-corrected chi connectivity index (χ2v) is 6.85. The van der Waals surface area contributed by atoms with Gasteiger partial charge in [-0.15, -0.1) is 0 Å². The Labute approximate surface area is 164 Å². The Morgan fingerprint density at radius 2 is 1.93 bits per heavy atom. The summed E-state index contributed by atoms with van der Waals surface area (Å²) in [4.78, 5) is 38.4. The molecule has 0 bridgehead atoms. The lowest BCUT2D eigenvalue weighted by molar-refractivity contribution is -0.125. The van der Waals surface area contributed by atoms with Crippen LogP contribution in [0.2, 0.25) is 5.02 Å². The summed E-state index contributed by atoms with van der Waals surface area (Å²) in [7, 11) is 1.64. The molecule has 7 nitrogen and oxygen atoms in total. The van der Waals surface area contributed by atoms with Gasteiger partial charge in [-0.1, -0.05) is 11.6 Å². The molecule has 28 heavy (non-hydrogen) atoms. The molecule has 8 heteroatoms. The standard InChI is InChI=1S/C20H15ClN2O5/c1-10-20(26)23(2)14-8-12(4-6-17(14)27-10)22-19(25)18-9-15(24)13-7-11(21)3-5-16(13)28-18/h3-10H,1-2H3,(H,22,25). The van der Waals surface area contributed by atoms with Crippen LogP contribution in [0.5, 0.6) is 5.75 Å². The second-order valence-electron chi connectivity index (χ2n) is 6.41. The molecule has 142 valence electrons. The van der Waals surface area contributed by atoms with Gasteiger partial charge in [0.2, 0.25) is 0 Å². The van der Waals surface area contributed by atoms with Gasteiger partial charge < -0.3 is 19.4 Å². The molecule has 1 atom stereocenters. The largest absolute Gasteiger partial charge is 0.479 e. The lowest BCUT2D eigenvalue weighted by Gasteiger charge is -2.30. The summed E-state index contributed by atoms with van der Waals surface area (Å²) in [5.41, 5.74) is 0.864. The van der Waals surface area contributed by atoms with Gasteiger partial charge in [0.25, 0.3) is 11.8 Å². The minimum Gasteiger partial charge on any atom is -0.479 e. The fourth-order valence-corrected chi connectivity index (χ4v) is 3.19. The Morgan fingerprint density at radius 3 is 2.71 bits per heavy atom. The zero-order valence-corrected chi connectivity index (χ0v) is 15.7. The maximum absolute atomic E-state index is 12.6. The highest BCUT2D eigenvalue weighted by molar-refractivity contribution is 6.31. The summed E-state index contributed by atoms with van der Waals surface area (Å²) in [5.74, 6) is -0.364. The number of benzene rings is 2. The van der Waals surface area contributed by atoms with Gasteiger partial charge in [0.15, 0.2) is 17.3 Å². The van der Waals surface area contributed by atoms with Crippen molar-refractivity contribution in [1.82, 2.24) is 0 Å². The minimum atomic E-state index is -0.590. The number of likely N-dealkylation sites (N-methyl/N-ethyl adjacent to an activating group) is 1. The average Bonchev–Trinajstić information content (AvgIpc) is 2.67. The molecule has 0 saturated heterocycles. The van der Waals surface area contributed by atoms with Crippen LogP contribution in [0.15, 0.2) is 51.7 Å². The zero-order chi connectivity index (χ0) is 20.0. The van der Waals surface area contributed by atoms with Crippen LogP contribution in [0.4, 0.5) is 11.4 Å². The van der Waals surface area contributed by atoms with Gasteiger partial charge in [-0.05, 0) is 43.3 Å². The van der Waals surface area contributed by atoms with E-state index in [9.17, 15) is 14.4 Å². The molecule has 1 unspecified atom stereocenters. The molecule has 3 aromatic rings. The molecule has 1 N–H and O–H groups in total. The lowest BCUT2D eigenvalue weighted by Crippen LogP contribution is -2.41. The van der Waals surface area contributed by atoms with E-state index in [1.54, 1.807) is 38.2 Å². The van der Waals surface area contributed by atoms with E-state index in [2.05, 4.69) is 5.32 Å². The molecular formula is C20H15ClN2O5. The summed E-state index contributed by atoms with van der Waals surface area (Å²) in [6, 6.07) is 10.7. The van der Waals surface area contributed by atoms with Crippen LogP contribution < -0.4 is 20.4 Å². The number of carbonyl (C=O) groups excluding carboxylic acids is 2. The van der Waals surface area contributed by atoms with Gasteiger partial charge in [-0.25, -0.2) is 0 Å². The quantitative estimate of drug-likeness (QED) is 0.714. The first-order valence-electron chi connectivity index (χ1n) is 8.46. The number of amides is 2. The Bertz CT molecular complexity index is 1190. The van der Waals surface area contributed by atoms with E-state index in [1.807, 2.05) is 0 Å². The van der Waals surface area contributed by atoms with Crippen LogP contribution >= 0.6 is 11.6 Å². The Balaban J connectivity index is 1.64. The number of nitrogens with one attached hydrogen (secondary N) is 1. The minimum absolute atomic E-state index is 0.133. The molecular weight excluding hydrogens is 384 g/mol. The van der Waals surface area contributed by atoms with Gasteiger partial charge in [0.1, 0.15) is 11.3 Å².